The van der Waals surface area contributed by atoms with E-state index in [4.69, 9.17) is 4.74 Å². The van der Waals surface area contributed by atoms with Gasteiger partial charge >= 0.3 is 0 Å². The van der Waals surface area contributed by atoms with Gasteiger partial charge in [-0.25, -0.2) is 4.68 Å². The summed E-state index contributed by atoms with van der Waals surface area (Å²) in [6.45, 7) is 3.07. The highest BCUT2D eigenvalue weighted by atomic mass is 16.5. The lowest BCUT2D eigenvalue weighted by Crippen LogP contribution is -2.22. The van der Waals surface area contributed by atoms with Gasteiger partial charge in [0.2, 0.25) is 5.88 Å². The van der Waals surface area contributed by atoms with Gasteiger partial charge in [0.1, 0.15) is 0 Å². The maximum absolute atomic E-state index is 5.47. The van der Waals surface area contributed by atoms with E-state index in [-0.39, 0.29) is 0 Å². The molecular weight excluding hydrogens is 128 g/mol. The van der Waals surface area contributed by atoms with Crippen molar-refractivity contribution in [3.05, 3.63) is 12.3 Å². The Balaban J connectivity index is 2.30. The molecule has 1 aliphatic heterocycles. The Morgan fingerprint density at radius 1 is 1.80 bits per heavy atom. The van der Waals surface area contributed by atoms with E-state index in [2.05, 4.69) is 12.0 Å². The maximum atomic E-state index is 5.47. The third-order valence-corrected chi connectivity index (χ3v) is 1.75. The molecule has 0 amide bonds. The number of hydrogen-bond acceptors (Lipinski definition) is 2. The van der Waals surface area contributed by atoms with Crippen molar-refractivity contribution >= 4 is 0 Å². The highest BCUT2D eigenvalue weighted by Crippen LogP contribution is 2.18. The van der Waals surface area contributed by atoms with Crippen LogP contribution < -0.4 is 4.74 Å². The minimum atomic E-state index is 0.351. The quantitative estimate of drug-likeness (QED) is 0.536. The molecule has 0 N–H and O–H groups in total. The standard InChI is InChI=1S/C7H10N2O/c1-6-3-5-9-7(10-6)2-4-8-9/h2,4,6H,3,5H2,1H3. The molecule has 3 nitrogen and oxygen atoms in total. The fourth-order valence-corrected chi connectivity index (χ4v) is 1.16. The minimum Gasteiger partial charge on any atom is -0.475 e. The topological polar surface area (TPSA) is 27.1 Å². The Bertz CT molecular complexity index is 231. The van der Waals surface area contributed by atoms with E-state index in [0.717, 1.165) is 18.8 Å². The van der Waals surface area contributed by atoms with E-state index >= 15 is 0 Å². The second-order valence-corrected chi connectivity index (χ2v) is 2.61. The molecule has 3 heteroatoms. The first-order valence-electron chi connectivity index (χ1n) is 3.55. The van der Waals surface area contributed by atoms with Crippen molar-refractivity contribution in [2.75, 3.05) is 0 Å². The van der Waals surface area contributed by atoms with E-state index in [9.17, 15) is 0 Å². The van der Waals surface area contributed by atoms with Crippen LogP contribution in [-0.4, -0.2) is 15.9 Å². The highest BCUT2D eigenvalue weighted by molar-refractivity contribution is 5.09. The average molecular weight is 138 g/mol. The van der Waals surface area contributed by atoms with E-state index in [1.54, 1.807) is 6.20 Å². The molecule has 1 aromatic heterocycles. The summed E-state index contributed by atoms with van der Waals surface area (Å²) in [5.41, 5.74) is 0. The Kier molecular flexibility index (Phi) is 1.16. The third-order valence-electron chi connectivity index (χ3n) is 1.75. The van der Waals surface area contributed by atoms with Crippen molar-refractivity contribution < 1.29 is 4.74 Å². The van der Waals surface area contributed by atoms with Gasteiger partial charge in [0.15, 0.2) is 0 Å². The molecule has 0 spiro atoms. The van der Waals surface area contributed by atoms with Crippen molar-refractivity contribution in [2.24, 2.45) is 0 Å². The fraction of sp³-hybridized carbons (Fsp3) is 0.571. The number of hydrogen-bond donors (Lipinski definition) is 0. The molecule has 0 radical (unpaired) electrons. The normalized spacial score (nSPS) is 23.5. The molecule has 0 aliphatic carbocycles. The minimum absolute atomic E-state index is 0.351. The molecule has 1 aliphatic rings. The van der Waals surface area contributed by atoms with Gasteiger partial charge < -0.3 is 4.74 Å². The van der Waals surface area contributed by atoms with Gasteiger partial charge in [-0.3, -0.25) is 0 Å². The number of ether oxygens (including phenoxy) is 1. The van der Waals surface area contributed by atoms with Crippen LogP contribution in [0.2, 0.25) is 0 Å². The Labute approximate surface area is 59.6 Å². The van der Waals surface area contributed by atoms with Crippen LogP contribution in [0, 0.1) is 0 Å². The molecule has 1 atom stereocenters. The zero-order valence-corrected chi connectivity index (χ0v) is 5.95. The van der Waals surface area contributed by atoms with Gasteiger partial charge in [-0.2, -0.15) is 5.10 Å². The summed E-state index contributed by atoms with van der Waals surface area (Å²) in [5.74, 6) is 0.902. The van der Waals surface area contributed by atoms with Crippen molar-refractivity contribution in [1.29, 1.82) is 0 Å². The number of nitrogens with zero attached hydrogens (tertiary/aromatic N) is 2. The van der Waals surface area contributed by atoms with Gasteiger partial charge in [-0.1, -0.05) is 0 Å². The zero-order valence-electron chi connectivity index (χ0n) is 5.95. The van der Waals surface area contributed by atoms with Gasteiger partial charge in [-0.05, 0) is 6.92 Å². The molecule has 1 aromatic rings. The molecule has 0 fully saturated rings. The van der Waals surface area contributed by atoms with E-state index < -0.39 is 0 Å². The number of rotatable bonds is 0. The lowest BCUT2D eigenvalue weighted by atomic mass is 10.2. The van der Waals surface area contributed by atoms with Crippen LogP contribution >= 0.6 is 0 Å². The van der Waals surface area contributed by atoms with Crippen LogP contribution in [0.3, 0.4) is 0 Å². The van der Waals surface area contributed by atoms with Gasteiger partial charge in [0, 0.05) is 19.0 Å². The summed E-state index contributed by atoms with van der Waals surface area (Å²) in [6.07, 6.45) is 3.19. The van der Waals surface area contributed by atoms with Gasteiger partial charge in [0.25, 0.3) is 0 Å². The monoisotopic (exact) mass is 138 g/mol. The van der Waals surface area contributed by atoms with Gasteiger partial charge in [0.05, 0.1) is 12.3 Å². The Morgan fingerprint density at radius 3 is 3.60 bits per heavy atom. The third kappa shape index (κ3) is 0.781. The Hall–Kier alpha value is -0.990. The van der Waals surface area contributed by atoms with E-state index in [1.165, 1.54) is 0 Å². The summed E-state index contributed by atoms with van der Waals surface area (Å²) in [6, 6.07) is 1.90. The number of aryl methyl sites for hydroxylation is 1. The SMILES string of the molecule is CC1CCn2nccc2O1. The summed E-state index contributed by atoms with van der Waals surface area (Å²) in [5, 5.41) is 4.08. The maximum Gasteiger partial charge on any atom is 0.211 e. The predicted octanol–water partition coefficient (Wildman–Crippen LogP) is 1.05. The van der Waals surface area contributed by atoms with Crippen LogP contribution in [0.25, 0.3) is 0 Å². The van der Waals surface area contributed by atoms with E-state index in [0.29, 0.717) is 6.10 Å². The lowest BCUT2D eigenvalue weighted by Gasteiger charge is -2.20. The van der Waals surface area contributed by atoms with Crippen LogP contribution in [0.4, 0.5) is 0 Å². The molecule has 10 heavy (non-hydrogen) atoms. The second kappa shape index (κ2) is 2.01. The van der Waals surface area contributed by atoms with Crippen molar-refractivity contribution in [1.82, 2.24) is 9.78 Å². The van der Waals surface area contributed by atoms with Crippen molar-refractivity contribution in [3.8, 4) is 5.88 Å². The lowest BCUT2D eigenvalue weighted by molar-refractivity contribution is 0.149. The fourth-order valence-electron chi connectivity index (χ4n) is 1.16. The summed E-state index contributed by atoms with van der Waals surface area (Å²) >= 11 is 0. The molecule has 0 saturated carbocycles. The average Bonchev–Trinajstić information content (AvgIpc) is 2.33. The first-order chi connectivity index (χ1) is 4.86. The highest BCUT2D eigenvalue weighted by Gasteiger charge is 2.14. The molecular formula is C7H10N2O. The zero-order chi connectivity index (χ0) is 6.97. The van der Waals surface area contributed by atoms with E-state index in [1.807, 2.05) is 10.7 Å². The molecule has 54 valence electrons. The van der Waals surface area contributed by atoms with Crippen molar-refractivity contribution in [2.45, 2.75) is 26.0 Å². The molecule has 0 aromatic carbocycles. The predicted molar refractivity (Wildman–Crippen MR) is 36.9 cm³/mol. The molecule has 1 unspecified atom stereocenters. The molecule has 0 saturated heterocycles. The number of aromatic nitrogens is 2. The summed E-state index contributed by atoms with van der Waals surface area (Å²) < 4.78 is 7.36. The first-order valence-corrected chi connectivity index (χ1v) is 3.55. The first kappa shape index (κ1) is 5.77. The van der Waals surface area contributed by atoms with Crippen molar-refractivity contribution in [3.63, 3.8) is 0 Å². The van der Waals surface area contributed by atoms with Gasteiger partial charge in [-0.15, -0.1) is 0 Å². The largest absolute Gasteiger partial charge is 0.475 e. The van der Waals surface area contributed by atoms with Crippen LogP contribution in [0.1, 0.15) is 13.3 Å². The van der Waals surface area contributed by atoms with Crippen LogP contribution in [-0.2, 0) is 6.54 Å². The Morgan fingerprint density at radius 2 is 2.70 bits per heavy atom. The molecule has 0 bridgehead atoms. The number of fused-ring (bicyclic) bond motifs is 1. The van der Waals surface area contributed by atoms with Crippen LogP contribution in [0.15, 0.2) is 12.3 Å². The summed E-state index contributed by atoms with van der Waals surface area (Å²) in [7, 11) is 0. The molecule has 2 rings (SSSR count). The second-order valence-electron chi connectivity index (χ2n) is 2.61. The summed E-state index contributed by atoms with van der Waals surface area (Å²) in [4.78, 5) is 0. The van der Waals surface area contributed by atoms with Crippen LogP contribution in [0.5, 0.6) is 5.88 Å². The molecule has 2 heterocycles. The smallest absolute Gasteiger partial charge is 0.211 e.